The van der Waals surface area contributed by atoms with Gasteiger partial charge in [0.25, 0.3) is 5.69 Å². The van der Waals surface area contributed by atoms with E-state index in [2.05, 4.69) is 4.72 Å². The van der Waals surface area contributed by atoms with Crippen molar-refractivity contribution >= 4 is 32.7 Å². The van der Waals surface area contributed by atoms with Gasteiger partial charge in [-0.25, -0.2) is 13.1 Å². The van der Waals surface area contributed by atoms with Gasteiger partial charge >= 0.3 is 0 Å². The Morgan fingerprint density at radius 3 is 2.67 bits per heavy atom. The van der Waals surface area contributed by atoms with Crippen LogP contribution in [0.25, 0.3) is 0 Å². The van der Waals surface area contributed by atoms with E-state index in [4.69, 9.17) is 5.73 Å². The lowest BCUT2D eigenvalue weighted by atomic mass is 10.2. The van der Waals surface area contributed by atoms with Gasteiger partial charge in [0.2, 0.25) is 10.0 Å². The van der Waals surface area contributed by atoms with Crippen LogP contribution in [0.5, 0.6) is 0 Å². The van der Waals surface area contributed by atoms with Gasteiger partial charge in [0.05, 0.1) is 10.6 Å². The minimum Gasteiger partial charge on any atom is -0.397 e. The topological polar surface area (TPSA) is 115 Å². The zero-order valence-electron chi connectivity index (χ0n) is 10.9. The fourth-order valence-corrected chi connectivity index (χ4v) is 3.58. The number of thiophene rings is 1. The summed E-state index contributed by atoms with van der Waals surface area (Å²) in [6.45, 7) is 0.232. The number of hydrogen-bond donors (Lipinski definition) is 2. The van der Waals surface area contributed by atoms with Gasteiger partial charge in [-0.05, 0) is 34.9 Å². The molecule has 0 radical (unpaired) electrons. The highest BCUT2D eigenvalue weighted by molar-refractivity contribution is 7.89. The number of hydrogen-bond acceptors (Lipinski definition) is 6. The first kappa shape index (κ1) is 15.4. The van der Waals surface area contributed by atoms with Gasteiger partial charge in [-0.3, -0.25) is 10.1 Å². The van der Waals surface area contributed by atoms with Gasteiger partial charge in [0.1, 0.15) is 4.90 Å². The highest BCUT2D eigenvalue weighted by atomic mass is 32.2. The highest BCUT2D eigenvalue weighted by Gasteiger charge is 2.19. The number of sulfonamides is 1. The van der Waals surface area contributed by atoms with Gasteiger partial charge in [0, 0.05) is 18.7 Å². The van der Waals surface area contributed by atoms with Crippen LogP contribution < -0.4 is 10.5 Å². The Hall–Kier alpha value is -1.97. The van der Waals surface area contributed by atoms with Crippen LogP contribution in [0.15, 0.2) is 39.9 Å². The lowest BCUT2D eigenvalue weighted by molar-refractivity contribution is -0.384. The first-order valence-electron chi connectivity index (χ1n) is 5.95. The Labute approximate surface area is 125 Å². The molecule has 1 heterocycles. The Kier molecular flexibility index (Phi) is 4.56. The second-order valence-corrected chi connectivity index (χ2v) is 6.77. The molecule has 0 bridgehead atoms. The predicted molar refractivity (Wildman–Crippen MR) is 80.7 cm³/mol. The van der Waals surface area contributed by atoms with Crippen LogP contribution in [0.3, 0.4) is 0 Å². The zero-order chi connectivity index (χ0) is 15.5. The molecular formula is C12H13N3O4S2. The Balaban J connectivity index is 2.10. The molecule has 2 aromatic rings. The number of nitrogens with zero attached hydrogens (tertiary/aromatic N) is 1. The quantitative estimate of drug-likeness (QED) is 0.476. The average Bonchev–Trinajstić information content (AvgIpc) is 2.91. The molecule has 7 nitrogen and oxygen atoms in total. The number of nitro benzene ring substituents is 1. The molecule has 0 amide bonds. The molecule has 9 heteroatoms. The molecular weight excluding hydrogens is 314 g/mol. The van der Waals surface area contributed by atoms with Crippen LogP contribution in [0.2, 0.25) is 0 Å². The Morgan fingerprint density at radius 2 is 2.10 bits per heavy atom. The predicted octanol–water partition coefficient (Wildman–Crippen LogP) is 1.76. The normalized spacial score (nSPS) is 11.4. The van der Waals surface area contributed by atoms with Gasteiger partial charge in [-0.1, -0.05) is 0 Å². The van der Waals surface area contributed by atoms with Gasteiger partial charge in [0.15, 0.2) is 0 Å². The van der Waals surface area contributed by atoms with E-state index < -0.39 is 14.9 Å². The molecule has 0 spiro atoms. The summed E-state index contributed by atoms with van der Waals surface area (Å²) in [6.07, 6.45) is 0.565. The minimum absolute atomic E-state index is 0.146. The molecule has 0 saturated carbocycles. The van der Waals surface area contributed by atoms with E-state index in [1.807, 2.05) is 16.8 Å². The fraction of sp³-hybridized carbons (Fsp3) is 0.167. The second-order valence-electron chi connectivity index (χ2n) is 4.26. The summed E-state index contributed by atoms with van der Waals surface area (Å²) >= 11 is 1.54. The molecule has 0 atom stereocenters. The maximum absolute atomic E-state index is 12.1. The maximum atomic E-state index is 12.1. The number of nitrogens with two attached hydrogens (primary N) is 1. The molecule has 2 rings (SSSR count). The lowest BCUT2D eigenvalue weighted by Crippen LogP contribution is -2.26. The molecule has 0 fully saturated rings. The third-order valence-electron chi connectivity index (χ3n) is 2.78. The molecule has 1 aromatic carbocycles. The number of benzene rings is 1. The third-order valence-corrected chi connectivity index (χ3v) is 5.05. The summed E-state index contributed by atoms with van der Waals surface area (Å²) in [5.74, 6) is 0. The van der Waals surface area contributed by atoms with E-state index in [-0.39, 0.29) is 22.8 Å². The highest BCUT2D eigenvalue weighted by Crippen LogP contribution is 2.23. The number of non-ortho nitro benzene ring substituents is 1. The van der Waals surface area contributed by atoms with E-state index in [0.717, 1.165) is 23.8 Å². The lowest BCUT2D eigenvalue weighted by Gasteiger charge is -2.08. The van der Waals surface area contributed by atoms with Crippen LogP contribution >= 0.6 is 11.3 Å². The molecule has 0 unspecified atom stereocenters. The van der Waals surface area contributed by atoms with Crippen molar-refractivity contribution in [1.82, 2.24) is 4.72 Å². The molecule has 0 saturated heterocycles. The van der Waals surface area contributed by atoms with Crippen LogP contribution in [0.4, 0.5) is 11.4 Å². The number of anilines is 1. The van der Waals surface area contributed by atoms with Crippen molar-refractivity contribution in [2.45, 2.75) is 11.3 Å². The van der Waals surface area contributed by atoms with E-state index in [1.165, 1.54) is 11.3 Å². The van der Waals surface area contributed by atoms with E-state index in [1.54, 1.807) is 0 Å². The van der Waals surface area contributed by atoms with Crippen molar-refractivity contribution in [3.63, 3.8) is 0 Å². The number of nitrogens with one attached hydrogen (secondary N) is 1. The first-order chi connectivity index (χ1) is 9.90. The fourth-order valence-electron chi connectivity index (χ4n) is 1.74. The monoisotopic (exact) mass is 327 g/mol. The van der Waals surface area contributed by atoms with Crippen LogP contribution in [0, 0.1) is 10.1 Å². The SMILES string of the molecule is Nc1cc([N+](=O)[O-])ccc1S(=O)(=O)NCCc1ccsc1. The van der Waals surface area contributed by atoms with Crippen molar-refractivity contribution in [1.29, 1.82) is 0 Å². The summed E-state index contributed by atoms with van der Waals surface area (Å²) in [5, 5.41) is 14.5. The smallest absolute Gasteiger partial charge is 0.271 e. The second kappa shape index (κ2) is 6.20. The van der Waals surface area contributed by atoms with Crippen LogP contribution in [-0.2, 0) is 16.4 Å². The third kappa shape index (κ3) is 3.78. The summed E-state index contributed by atoms with van der Waals surface area (Å²) in [7, 11) is -3.78. The van der Waals surface area contributed by atoms with E-state index in [0.29, 0.717) is 6.42 Å². The van der Waals surface area contributed by atoms with E-state index >= 15 is 0 Å². The summed E-state index contributed by atoms with van der Waals surface area (Å²) < 4.78 is 26.6. The number of rotatable bonds is 6. The van der Waals surface area contributed by atoms with Crippen molar-refractivity contribution in [2.75, 3.05) is 12.3 Å². The van der Waals surface area contributed by atoms with Crippen molar-refractivity contribution in [2.24, 2.45) is 0 Å². The summed E-state index contributed by atoms with van der Waals surface area (Å²) in [5.41, 5.74) is 6.24. The van der Waals surface area contributed by atoms with Crippen molar-refractivity contribution in [3.05, 3.63) is 50.7 Å². The van der Waals surface area contributed by atoms with Gasteiger partial charge < -0.3 is 5.73 Å². The Bertz CT molecular complexity index is 742. The van der Waals surface area contributed by atoms with E-state index in [9.17, 15) is 18.5 Å². The summed E-state index contributed by atoms with van der Waals surface area (Å²) in [4.78, 5) is 9.82. The van der Waals surface area contributed by atoms with Crippen molar-refractivity contribution < 1.29 is 13.3 Å². The maximum Gasteiger partial charge on any atom is 0.271 e. The molecule has 0 aliphatic heterocycles. The minimum atomic E-state index is -3.78. The zero-order valence-corrected chi connectivity index (χ0v) is 12.5. The molecule has 0 aliphatic carbocycles. The largest absolute Gasteiger partial charge is 0.397 e. The number of nitrogen functional groups attached to an aromatic ring is 1. The summed E-state index contributed by atoms with van der Waals surface area (Å²) in [6, 6.07) is 5.21. The van der Waals surface area contributed by atoms with Gasteiger partial charge in [-0.15, -0.1) is 0 Å². The number of nitro groups is 1. The average molecular weight is 327 g/mol. The molecule has 3 N–H and O–H groups in total. The first-order valence-corrected chi connectivity index (χ1v) is 8.37. The molecule has 1 aromatic heterocycles. The standard InChI is InChI=1S/C12H13N3O4S2/c13-11-7-10(15(16)17)1-2-12(11)21(18,19)14-5-3-9-4-6-20-8-9/h1-2,4,6-8,14H,3,5,13H2. The molecule has 112 valence electrons. The molecule has 21 heavy (non-hydrogen) atoms. The van der Waals surface area contributed by atoms with Crippen LogP contribution in [0.1, 0.15) is 5.56 Å². The van der Waals surface area contributed by atoms with Crippen LogP contribution in [-0.4, -0.2) is 19.9 Å². The van der Waals surface area contributed by atoms with Crippen molar-refractivity contribution in [3.8, 4) is 0 Å². The van der Waals surface area contributed by atoms with Gasteiger partial charge in [-0.2, -0.15) is 11.3 Å². The Morgan fingerprint density at radius 1 is 1.33 bits per heavy atom. The molecule has 0 aliphatic rings.